The molecule has 1 aromatic carbocycles. The van der Waals surface area contributed by atoms with E-state index in [-0.39, 0.29) is 11.6 Å². The van der Waals surface area contributed by atoms with Crippen LogP contribution < -0.4 is 11.3 Å². The number of fused-ring (bicyclic) bond motifs is 1. The molecule has 1 aromatic heterocycles. The fourth-order valence-corrected chi connectivity index (χ4v) is 2.07. The first-order chi connectivity index (χ1) is 7.49. The SMILES string of the molecule is CC(N)c1cc2cc(Cl)c(Br)cc2[nH]c1=O. The van der Waals surface area contributed by atoms with Gasteiger partial charge in [-0.1, -0.05) is 11.6 Å². The molecule has 2 rings (SSSR count). The molecule has 0 radical (unpaired) electrons. The number of rotatable bonds is 1. The molecule has 0 spiro atoms. The van der Waals surface area contributed by atoms with E-state index in [4.69, 9.17) is 17.3 Å². The number of H-pyrrole nitrogens is 1. The zero-order chi connectivity index (χ0) is 11.9. The van der Waals surface area contributed by atoms with Gasteiger partial charge >= 0.3 is 0 Å². The van der Waals surface area contributed by atoms with Gasteiger partial charge in [0.25, 0.3) is 5.56 Å². The Kier molecular flexibility index (Phi) is 3.06. The average molecular weight is 302 g/mol. The lowest BCUT2D eigenvalue weighted by Gasteiger charge is -2.07. The van der Waals surface area contributed by atoms with E-state index < -0.39 is 0 Å². The van der Waals surface area contributed by atoms with Crippen molar-refractivity contribution in [2.75, 3.05) is 0 Å². The predicted octanol–water partition coefficient (Wildman–Crippen LogP) is 2.96. The molecule has 1 heterocycles. The molecule has 0 saturated carbocycles. The molecule has 1 unspecified atom stereocenters. The summed E-state index contributed by atoms with van der Waals surface area (Å²) in [4.78, 5) is 14.5. The van der Waals surface area contributed by atoms with Gasteiger partial charge in [0, 0.05) is 27.0 Å². The van der Waals surface area contributed by atoms with Gasteiger partial charge in [0.15, 0.2) is 0 Å². The second-order valence-electron chi connectivity index (χ2n) is 3.70. The Morgan fingerprint density at radius 1 is 1.44 bits per heavy atom. The predicted molar refractivity (Wildman–Crippen MR) is 69.9 cm³/mol. The molecule has 2 aromatic rings. The van der Waals surface area contributed by atoms with E-state index >= 15 is 0 Å². The van der Waals surface area contributed by atoms with Gasteiger partial charge in [0.1, 0.15) is 0 Å². The lowest BCUT2D eigenvalue weighted by Crippen LogP contribution is -2.19. The van der Waals surface area contributed by atoms with Crippen LogP contribution >= 0.6 is 27.5 Å². The summed E-state index contributed by atoms with van der Waals surface area (Å²) in [6.07, 6.45) is 0. The van der Waals surface area contributed by atoms with Gasteiger partial charge in [0.2, 0.25) is 0 Å². The first-order valence-corrected chi connectivity index (χ1v) is 5.93. The molecule has 3 N–H and O–H groups in total. The van der Waals surface area contributed by atoms with Gasteiger partial charge in [-0.15, -0.1) is 0 Å². The van der Waals surface area contributed by atoms with E-state index in [9.17, 15) is 4.79 Å². The van der Waals surface area contributed by atoms with Gasteiger partial charge < -0.3 is 10.7 Å². The third-order valence-corrected chi connectivity index (χ3v) is 3.60. The van der Waals surface area contributed by atoms with Crippen LogP contribution in [0.3, 0.4) is 0 Å². The Bertz CT molecular complexity index is 607. The average Bonchev–Trinajstić information content (AvgIpc) is 2.19. The van der Waals surface area contributed by atoms with E-state index in [0.29, 0.717) is 10.6 Å². The summed E-state index contributed by atoms with van der Waals surface area (Å²) in [5.74, 6) is 0. The number of benzene rings is 1. The Morgan fingerprint density at radius 2 is 2.12 bits per heavy atom. The van der Waals surface area contributed by atoms with E-state index in [2.05, 4.69) is 20.9 Å². The molecule has 0 aliphatic heterocycles. The van der Waals surface area contributed by atoms with Crippen molar-refractivity contribution in [3.8, 4) is 0 Å². The highest BCUT2D eigenvalue weighted by molar-refractivity contribution is 9.10. The Labute approximate surface area is 106 Å². The van der Waals surface area contributed by atoms with E-state index in [1.165, 1.54) is 0 Å². The summed E-state index contributed by atoms with van der Waals surface area (Å²) < 4.78 is 0.755. The smallest absolute Gasteiger partial charge is 0.253 e. The number of aromatic nitrogens is 1. The zero-order valence-corrected chi connectivity index (χ0v) is 10.9. The number of nitrogens with one attached hydrogen (secondary N) is 1. The molecule has 0 bridgehead atoms. The minimum absolute atomic E-state index is 0.156. The maximum Gasteiger partial charge on any atom is 0.253 e. The van der Waals surface area contributed by atoms with Crippen molar-refractivity contribution in [3.63, 3.8) is 0 Å². The second kappa shape index (κ2) is 4.20. The normalized spacial score (nSPS) is 13.0. The van der Waals surface area contributed by atoms with Crippen LogP contribution in [0, 0.1) is 0 Å². The van der Waals surface area contributed by atoms with E-state index in [1.54, 1.807) is 25.1 Å². The van der Waals surface area contributed by atoms with Crippen LogP contribution in [0.1, 0.15) is 18.5 Å². The Hall–Kier alpha value is -0.840. The van der Waals surface area contributed by atoms with Crippen molar-refractivity contribution < 1.29 is 0 Å². The first-order valence-electron chi connectivity index (χ1n) is 4.76. The summed E-state index contributed by atoms with van der Waals surface area (Å²) in [6, 6.07) is 5.06. The number of pyridine rings is 1. The van der Waals surface area contributed by atoms with Gasteiger partial charge in [-0.3, -0.25) is 4.79 Å². The van der Waals surface area contributed by atoms with Crippen molar-refractivity contribution in [1.29, 1.82) is 0 Å². The highest BCUT2D eigenvalue weighted by atomic mass is 79.9. The molecule has 84 valence electrons. The molecule has 3 nitrogen and oxygen atoms in total. The Morgan fingerprint density at radius 3 is 2.75 bits per heavy atom. The van der Waals surface area contributed by atoms with Crippen molar-refractivity contribution in [3.05, 3.63) is 43.6 Å². The zero-order valence-electron chi connectivity index (χ0n) is 8.55. The molecule has 0 amide bonds. The minimum Gasteiger partial charge on any atom is -0.324 e. The maximum absolute atomic E-state index is 11.7. The number of nitrogens with two attached hydrogens (primary N) is 1. The molecule has 0 aliphatic carbocycles. The number of hydrogen-bond donors (Lipinski definition) is 2. The number of halogens is 2. The number of aromatic amines is 1. The van der Waals surface area contributed by atoms with Crippen molar-refractivity contribution in [2.45, 2.75) is 13.0 Å². The van der Waals surface area contributed by atoms with Crippen LogP contribution in [0.5, 0.6) is 0 Å². The van der Waals surface area contributed by atoms with Crippen molar-refractivity contribution in [1.82, 2.24) is 4.98 Å². The maximum atomic E-state index is 11.7. The molecule has 1 atom stereocenters. The molecule has 0 saturated heterocycles. The second-order valence-corrected chi connectivity index (χ2v) is 4.96. The monoisotopic (exact) mass is 300 g/mol. The third kappa shape index (κ3) is 2.00. The summed E-state index contributed by atoms with van der Waals surface area (Å²) in [5, 5.41) is 1.48. The van der Waals surface area contributed by atoms with Gasteiger partial charge in [-0.2, -0.15) is 0 Å². The van der Waals surface area contributed by atoms with Crippen LogP contribution in [0.25, 0.3) is 10.9 Å². The summed E-state index contributed by atoms with van der Waals surface area (Å²) >= 11 is 9.30. The van der Waals surface area contributed by atoms with Crippen LogP contribution in [0.15, 0.2) is 27.5 Å². The standard InChI is InChI=1S/C11H10BrClN2O/c1-5(14)7-2-6-3-9(13)8(12)4-10(6)15-11(7)16/h2-5H,14H2,1H3,(H,15,16). The molecular weight excluding hydrogens is 291 g/mol. The highest BCUT2D eigenvalue weighted by Crippen LogP contribution is 2.27. The fourth-order valence-electron chi connectivity index (χ4n) is 1.56. The summed E-state index contributed by atoms with van der Waals surface area (Å²) in [7, 11) is 0. The molecule has 0 fully saturated rings. The van der Waals surface area contributed by atoms with Crippen LogP contribution in [-0.4, -0.2) is 4.98 Å². The first kappa shape index (κ1) is 11.6. The van der Waals surface area contributed by atoms with Crippen LogP contribution in [0.4, 0.5) is 0 Å². The van der Waals surface area contributed by atoms with Gasteiger partial charge in [-0.05, 0) is 41.1 Å². The molecule has 5 heteroatoms. The third-order valence-electron chi connectivity index (χ3n) is 2.40. The molecular formula is C11H10BrClN2O. The van der Waals surface area contributed by atoms with Crippen LogP contribution in [0.2, 0.25) is 5.02 Å². The lowest BCUT2D eigenvalue weighted by atomic mass is 10.1. The lowest BCUT2D eigenvalue weighted by molar-refractivity contribution is 0.804. The largest absolute Gasteiger partial charge is 0.324 e. The topological polar surface area (TPSA) is 58.9 Å². The van der Waals surface area contributed by atoms with Crippen molar-refractivity contribution >= 4 is 38.4 Å². The molecule has 16 heavy (non-hydrogen) atoms. The van der Waals surface area contributed by atoms with Gasteiger partial charge in [0.05, 0.1) is 5.02 Å². The van der Waals surface area contributed by atoms with Crippen molar-refractivity contribution in [2.24, 2.45) is 5.73 Å². The quantitative estimate of drug-likeness (QED) is 0.851. The summed E-state index contributed by atoms with van der Waals surface area (Å²) in [5.41, 5.74) is 6.86. The van der Waals surface area contributed by atoms with Crippen LogP contribution in [-0.2, 0) is 0 Å². The van der Waals surface area contributed by atoms with E-state index in [0.717, 1.165) is 15.4 Å². The minimum atomic E-state index is -0.296. The fraction of sp³-hybridized carbons (Fsp3) is 0.182. The van der Waals surface area contributed by atoms with Gasteiger partial charge in [-0.25, -0.2) is 0 Å². The van der Waals surface area contributed by atoms with E-state index in [1.807, 2.05) is 0 Å². The summed E-state index contributed by atoms with van der Waals surface area (Å²) in [6.45, 7) is 1.77. The molecule has 0 aliphatic rings. The highest BCUT2D eigenvalue weighted by Gasteiger charge is 2.08. The Balaban J connectivity index is 2.80. The number of hydrogen-bond acceptors (Lipinski definition) is 2.